The van der Waals surface area contributed by atoms with Gasteiger partial charge in [-0.05, 0) is 57.4 Å². The van der Waals surface area contributed by atoms with Crippen LogP contribution in [0.1, 0.15) is 51.5 Å². The van der Waals surface area contributed by atoms with Crippen LogP contribution in [0.4, 0.5) is 4.39 Å². The number of hydrogen-bond donors (Lipinski definition) is 2. The van der Waals surface area contributed by atoms with Crippen LogP contribution >= 0.6 is 0 Å². The molecule has 0 radical (unpaired) electrons. The summed E-state index contributed by atoms with van der Waals surface area (Å²) in [6, 6.07) is 7.01. The Morgan fingerprint density at radius 1 is 1.22 bits per heavy atom. The molecule has 0 aromatic heterocycles. The fourth-order valence-electron chi connectivity index (χ4n) is 4.45. The summed E-state index contributed by atoms with van der Waals surface area (Å²) >= 11 is 0. The number of nitrogens with two attached hydrogens (primary N) is 1. The van der Waals surface area contributed by atoms with Gasteiger partial charge in [-0.3, -0.25) is 4.79 Å². The van der Waals surface area contributed by atoms with Crippen molar-refractivity contribution in [2.24, 2.45) is 17.6 Å². The van der Waals surface area contributed by atoms with Gasteiger partial charge < -0.3 is 11.1 Å². The summed E-state index contributed by atoms with van der Waals surface area (Å²) in [6.07, 6.45) is 5.47. The number of fused-ring (bicyclic) bond motifs is 2. The molecule has 4 heteroatoms. The normalized spacial score (nSPS) is 30.8. The lowest BCUT2D eigenvalue weighted by molar-refractivity contribution is -0.128. The summed E-state index contributed by atoms with van der Waals surface area (Å²) in [5.74, 6) is 0.536. The van der Waals surface area contributed by atoms with Gasteiger partial charge in [0.25, 0.3) is 0 Å². The Morgan fingerprint density at radius 2 is 1.83 bits per heavy atom. The number of nitrogens with one attached hydrogen (secondary N) is 1. The highest BCUT2D eigenvalue weighted by Crippen LogP contribution is 2.40. The van der Waals surface area contributed by atoms with Crippen LogP contribution in [-0.2, 0) is 10.2 Å². The summed E-state index contributed by atoms with van der Waals surface area (Å²) in [5, 5.41) is 3.25. The van der Waals surface area contributed by atoms with Gasteiger partial charge in [0.2, 0.25) is 5.91 Å². The van der Waals surface area contributed by atoms with Crippen LogP contribution < -0.4 is 11.1 Å². The smallest absolute Gasteiger partial charge is 0.230 e. The van der Waals surface area contributed by atoms with E-state index in [2.05, 4.69) is 5.32 Å². The molecule has 2 aliphatic rings. The maximum absolute atomic E-state index is 14.1. The molecular weight excluding hydrogens is 291 g/mol. The summed E-state index contributed by atoms with van der Waals surface area (Å²) in [5.41, 5.74) is 5.73. The van der Waals surface area contributed by atoms with Crippen molar-refractivity contribution < 1.29 is 9.18 Å². The number of rotatable bonds is 3. The molecule has 1 aromatic rings. The van der Waals surface area contributed by atoms with Crippen molar-refractivity contribution in [3.8, 4) is 0 Å². The first kappa shape index (κ1) is 16.4. The first-order chi connectivity index (χ1) is 10.9. The van der Waals surface area contributed by atoms with Gasteiger partial charge >= 0.3 is 0 Å². The zero-order valence-electron chi connectivity index (χ0n) is 14.0. The minimum atomic E-state index is -0.876. The molecule has 2 aliphatic carbocycles. The summed E-state index contributed by atoms with van der Waals surface area (Å²) in [6.45, 7) is 3.59. The quantitative estimate of drug-likeness (QED) is 0.899. The lowest BCUT2D eigenvalue weighted by Crippen LogP contribution is -2.56. The van der Waals surface area contributed by atoms with Crippen LogP contribution in [0, 0.1) is 17.7 Å². The lowest BCUT2D eigenvalue weighted by Gasteiger charge is -2.46. The van der Waals surface area contributed by atoms with Gasteiger partial charge in [-0.2, -0.15) is 0 Å². The van der Waals surface area contributed by atoms with E-state index in [0.29, 0.717) is 17.4 Å². The Hall–Kier alpha value is -1.42. The molecule has 1 aromatic carbocycles. The van der Waals surface area contributed by atoms with Gasteiger partial charge in [0.1, 0.15) is 5.82 Å². The van der Waals surface area contributed by atoms with Crippen molar-refractivity contribution in [1.29, 1.82) is 0 Å². The topological polar surface area (TPSA) is 55.1 Å². The number of amides is 1. The maximum Gasteiger partial charge on any atom is 0.230 e. The van der Waals surface area contributed by atoms with Gasteiger partial charge in [-0.25, -0.2) is 4.39 Å². The van der Waals surface area contributed by atoms with Crippen LogP contribution in [-0.4, -0.2) is 18.0 Å². The zero-order valence-corrected chi connectivity index (χ0v) is 14.0. The highest BCUT2D eigenvalue weighted by Gasteiger charge is 2.42. The molecule has 126 valence electrons. The summed E-state index contributed by atoms with van der Waals surface area (Å²) < 4.78 is 14.1. The minimum absolute atomic E-state index is 0.0834. The van der Waals surface area contributed by atoms with E-state index in [-0.39, 0.29) is 23.8 Å². The fraction of sp³-hybridized carbons (Fsp3) is 0.632. The molecule has 2 unspecified atom stereocenters. The first-order valence-electron chi connectivity index (χ1n) is 8.71. The van der Waals surface area contributed by atoms with Gasteiger partial charge in [-0.1, -0.05) is 24.6 Å². The third-order valence-electron chi connectivity index (χ3n) is 5.79. The molecule has 0 aliphatic heterocycles. The number of carbonyl (C=O) groups excluding carboxylic acids is 1. The van der Waals surface area contributed by atoms with Crippen molar-refractivity contribution in [2.75, 3.05) is 0 Å². The van der Waals surface area contributed by atoms with Gasteiger partial charge in [0, 0.05) is 17.6 Å². The Labute approximate surface area is 137 Å². The van der Waals surface area contributed by atoms with Crippen molar-refractivity contribution in [3.63, 3.8) is 0 Å². The second-order valence-electron chi connectivity index (χ2n) is 7.79. The predicted molar refractivity (Wildman–Crippen MR) is 89.4 cm³/mol. The molecule has 0 heterocycles. The third-order valence-corrected chi connectivity index (χ3v) is 5.79. The molecule has 0 saturated heterocycles. The monoisotopic (exact) mass is 318 g/mol. The van der Waals surface area contributed by atoms with Crippen molar-refractivity contribution in [2.45, 2.75) is 63.5 Å². The van der Waals surface area contributed by atoms with E-state index in [4.69, 9.17) is 5.73 Å². The molecule has 2 fully saturated rings. The molecule has 1 amide bonds. The van der Waals surface area contributed by atoms with Crippen LogP contribution in [0.3, 0.4) is 0 Å². The highest BCUT2D eigenvalue weighted by atomic mass is 19.1. The zero-order chi connectivity index (χ0) is 16.6. The highest BCUT2D eigenvalue weighted by molar-refractivity contribution is 5.87. The Bertz CT molecular complexity index is 572. The molecule has 0 spiro atoms. The first-order valence-corrected chi connectivity index (χ1v) is 8.71. The lowest BCUT2D eigenvalue weighted by atomic mass is 9.66. The summed E-state index contributed by atoms with van der Waals surface area (Å²) in [7, 11) is 0. The second-order valence-corrected chi connectivity index (χ2v) is 7.79. The van der Waals surface area contributed by atoms with E-state index in [9.17, 15) is 9.18 Å². The van der Waals surface area contributed by atoms with E-state index in [1.807, 2.05) is 0 Å². The molecule has 2 atom stereocenters. The molecule has 3 nitrogen and oxygen atoms in total. The van der Waals surface area contributed by atoms with Crippen LogP contribution in [0.2, 0.25) is 0 Å². The largest absolute Gasteiger partial charge is 0.352 e. The van der Waals surface area contributed by atoms with Crippen LogP contribution in [0.5, 0.6) is 0 Å². The van der Waals surface area contributed by atoms with Gasteiger partial charge in [0.15, 0.2) is 0 Å². The number of benzene rings is 1. The number of halogens is 1. The molecule has 2 bridgehead atoms. The number of carbonyl (C=O) groups is 1. The van der Waals surface area contributed by atoms with Gasteiger partial charge in [-0.15, -0.1) is 0 Å². The number of hydrogen-bond acceptors (Lipinski definition) is 2. The standard InChI is InChI=1S/C19H27FN2O/c1-19(2,15-8-3-4-9-16(15)20)18(23)22-17-12-6-5-7-13(17)11-14(21)10-12/h3-4,8-9,12-14,17H,5-7,10-11,21H2,1-2H3,(H,22,23). The molecule has 3 N–H and O–H groups in total. The molecular formula is C19H27FN2O. The fourth-order valence-corrected chi connectivity index (χ4v) is 4.45. The maximum atomic E-state index is 14.1. The SMILES string of the molecule is CC(C)(C(=O)NC1C2CCCC1CC(N)C2)c1ccccc1F. The van der Waals surface area contributed by atoms with E-state index in [0.717, 1.165) is 25.7 Å². The van der Waals surface area contributed by atoms with Crippen molar-refractivity contribution in [3.05, 3.63) is 35.6 Å². The molecule has 3 rings (SSSR count). The van der Waals surface area contributed by atoms with E-state index < -0.39 is 5.41 Å². The molecule has 2 saturated carbocycles. The second kappa shape index (κ2) is 6.23. The van der Waals surface area contributed by atoms with Crippen LogP contribution in [0.25, 0.3) is 0 Å². The van der Waals surface area contributed by atoms with Crippen molar-refractivity contribution >= 4 is 5.91 Å². The Kier molecular flexibility index (Phi) is 4.45. The van der Waals surface area contributed by atoms with Crippen molar-refractivity contribution in [1.82, 2.24) is 5.32 Å². The van der Waals surface area contributed by atoms with E-state index in [1.165, 1.54) is 12.5 Å². The average molecular weight is 318 g/mol. The summed E-state index contributed by atoms with van der Waals surface area (Å²) in [4.78, 5) is 12.9. The third kappa shape index (κ3) is 3.14. The van der Waals surface area contributed by atoms with E-state index >= 15 is 0 Å². The molecule has 23 heavy (non-hydrogen) atoms. The minimum Gasteiger partial charge on any atom is -0.352 e. The van der Waals surface area contributed by atoms with Crippen LogP contribution in [0.15, 0.2) is 24.3 Å². The Balaban J connectivity index is 1.77. The Morgan fingerprint density at radius 3 is 2.43 bits per heavy atom. The van der Waals surface area contributed by atoms with E-state index in [1.54, 1.807) is 32.0 Å². The average Bonchev–Trinajstić information content (AvgIpc) is 2.48. The van der Waals surface area contributed by atoms with Gasteiger partial charge in [0.05, 0.1) is 5.41 Å². The predicted octanol–water partition coefficient (Wildman–Crippen LogP) is 3.13.